The van der Waals surface area contributed by atoms with Gasteiger partial charge < -0.3 is 4.90 Å². The second kappa shape index (κ2) is 6.89. The highest BCUT2D eigenvalue weighted by molar-refractivity contribution is 7.09. The quantitative estimate of drug-likeness (QED) is 0.714. The fourth-order valence-electron chi connectivity index (χ4n) is 3.07. The van der Waals surface area contributed by atoms with Gasteiger partial charge in [0.15, 0.2) is 5.82 Å². The molecule has 0 saturated carbocycles. The van der Waals surface area contributed by atoms with Gasteiger partial charge in [-0.3, -0.25) is 4.90 Å². The standard InChI is InChI=1S/C17H21N7S/c1-13-19-16(10-17(20-13)24-5-3-4-18-24)23-8-6-22(7-9-23)11-15-12-25-14(2)21-15/h3-5,10,12H,6-9,11H2,1-2H3. The molecular formula is C17H21N7S. The third kappa shape index (κ3) is 3.69. The Morgan fingerprint density at radius 2 is 1.84 bits per heavy atom. The number of nitrogens with zero attached hydrogens (tertiary/aromatic N) is 7. The van der Waals surface area contributed by atoms with Crippen LogP contribution >= 0.6 is 11.3 Å². The minimum Gasteiger partial charge on any atom is -0.354 e. The van der Waals surface area contributed by atoms with Crippen LogP contribution in [-0.2, 0) is 6.54 Å². The number of rotatable bonds is 4. The number of aryl methyl sites for hydroxylation is 2. The minimum absolute atomic E-state index is 0.767. The van der Waals surface area contributed by atoms with Gasteiger partial charge in [-0.2, -0.15) is 5.10 Å². The lowest BCUT2D eigenvalue weighted by Crippen LogP contribution is -2.46. The maximum absolute atomic E-state index is 4.62. The molecule has 25 heavy (non-hydrogen) atoms. The molecule has 8 heteroatoms. The Bertz CT molecular complexity index is 835. The summed E-state index contributed by atoms with van der Waals surface area (Å²) in [5.74, 6) is 2.55. The van der Waals surface area contributed by atoms with Crippen LogP contribution in [0.15, 0.2) is 29.9 Å². The fraction of sp³-hybridized carbons (Fsp3) is 0.412. The summed E-state index contributed by atoms with van der Waals surface area (Å²) in [6.45, 7) is 8.85. The Labute approximate surface area is 151 Å². The molecule has 1 fully saturated rings. The first-order valence-corrected chi connectivity index (χ1v) is 9.29. The maximum atomic E-state index is 4.62. The van der Waals surface area contributed by atoms with Crippen molar-refractivity contribution >= 4 is 17.2 Å². The molecule has 0 spiro atoms. The molecule has 3 aromatic rings. The van der Waals surface area contributed by atoms with E-state index in [4.69, 9.17) is 0 Å². The predicted molar refractivity (Wildman–Crippen MR) is 98.2 cm³/mol. The molecule has 130 valence electrons. The first kappa shape index (κ1) is 16.2. The summed E-state index contributed by atoms with van der Waals surface area (Å²) >= 11 is 1.72. The van der Waals surface area contributed by atoms with E-state index in [-0.39, 0.29) is 0 Å². The van der Waals surface area contributed by atoms with Crippen LogP contribution in [0.2, 0.25) is 0 Å². The Hall–Kier alpha value is -2.32. The Balaban J connectivity index is 1.44. The van der Waals surface area contributed by atoms with Gasteiger partial charge in [-0.15, -0.1) is 11.3 Å². The zero-order valence-corrected chi connectivity index (χ0v) is 15.3. The van der Waals surface area contributed by atoms with E-state index < -0.39 is 0 Å². The van der Waals surface area contributed by atoms with Gasteiger partial charge in [0.25, 0.3) is 0 Å². The van der Waals surface area contributed by atoms with E-state index in [0.717, 1.165) is 55.2 Å². The van der Waals surface area contributed by atoms with Crippen LogP contribution in [0.3, 0.4) is 0 Å². The van der Waals surface area contributed by atoms with Crippen molar-refractivity contribution in [2.75, 3.05) is 31.1 Å². The first-order valence-electron chi connectivity index (χ1n) is 8.41. The smallest absolute Gasteiger partial charge is 0.159 e. The zero-order valence-electron chi connectivity index (χ0n) is 14.5. The predicted octanol–water partition coefficient (Wildman–Crippen LogP) is 2.06. The normalized spacial score (nSPS) is 15.7. The average Bonchev–Trinajstić information content (AvgIpc) is 3.27. The zero-order chi connectivity index (χ0) is 17.2. The molecule has 4 rings (SSSR count). The van der Waals surface area contributed by atoms with Crippen molar-refractivity contribution in [3.05, 3.63) is 46.4 Å². The van der Waals surface area contributed by atoms with Crippen LogP contribution in [-0.4, -0.2) is 55.8 Å². The summed E-state index contributed by atoms with van der Waals surface area (Å²) in [5.41, 5.74) is 1.18. The van der Waals surface area contributed by atoms with Crippen molar-refractivity contribution in [1.29, 1.82) is 0 Å². The van der Waals surface area contributed by atoms with Crippen LogP contribution in [0.5, 0.6) is 0 Å². The van der Waals surface area contributed by atoms with Crippen LogP contribution in [0.4, 0.5) is 5.82 Å². The maximum Gasteiger partial charge on any atom is 0.159 e. The van der Waals surface area contributed by atoms with E-state index in [1.54, 1.807) is 22.2 Å². The summed E-state index contributed by atoms with van der Waals surface area (Å²) in [7, 11) is 0. The second-order valence-electron chi connectivity index (χ2n) is 6.20. The Morgan fingerprint density at radius 3 is 2.52 bits per heavy atom. The molecule has 0 aliphatic carbocycles. The van der Waals surface area contributed by atoms with Crippen molar-refractivity contribution in [3.8, 4) is 5.82 Å². The topological polar surface area (TPSA) is 63.0 Å². The summed E-state index contributed by atoms with van der Waals surface area (Å²) < 4.78 is 1.78. The summed E-state index contributed by atoms with van der Waals surface area (Å²) in [4.78, 5) is 18.5. The lowest BCUT2D eigenvalue weighted by atomic mass is 10.3. The molecule has 7 nitrogen and oxygen atoms in total. The first-order chi connectivity index (χ1) is 12.2. The average molecular weight is 355 g/mol. The van der Waals surface area contributed by atoms with Gasteiger partial charge in [-0.25, -0.2) is 19.6 Å². The molecule has 3 aromatic heterocycles. The number of piperazine rings is 1. The van der Waals surface area contributed by atoms with E-state index in [1.165, 1.54) is 5.69 Å². The van der Waals surface area contributed by atoms with Crippen LogP contribution < -0.4 is 4.90 Å². The molecule has 1 saturated heterocycles. The van der Waals surface area contributed by atoms with Gasteiger partial charge in [-0.1, -0.05) is 0 Å². The molecule has 1 aliphatic heterocycles. The van der Waals surface area contributed by atoms with Crippen LogP contribution in [0, 0.1) is 13.8 Å². The van der Waals surface area contributed by atoms with Gasteiger partial charge >= 0.3 is 0 Å². The van der Waals surface area contributed by atoms with Crippen molar-refractivity contribution in [2.24, 2.45) is 0 Å². The fourth-order valence-corrected chi connectivity index (χ4v) is 3.67. The van der Waals surface area contributed by atoms with E-state index in [1.807, 2.05) is 25.3 Å². The number of anilines is 1. The number of hydrogen-bond acceptors (Lipinski definition) is 7. The Kier molecular flexibility index (Phi) is 4.46. The van der Waals surface area contributed by atoms with Crippen molar-refractivity contribution in [2.45, 2.75) is 20.4 Å². The Morgan fingerprint density at radius 1 is 1.04 bits per heavy atom. The highest BCUT2D eigenvalue weighted by atomic mass is 32.1. The third-order valence-electron chi connectivity index (χ3n) is 4.30. The third-order valence-corrected chi connectivity index (χ3v) is 5.12. The molecule has 0 amide bonds. The van der Waals surface area contributed by atoms with Gasteiger partial charge in [0.2, 0.25) is 0 Å². The SMILES string of the molecule is Cc1nc(N2CCN(Cc3csc(C)n3)CC2)cc(-n2cccn2)n1. The van der Waals surface area contributed by atoms with Crippen molar-refractivity contribution in [1.82, 2.24) is 29.6 Å². The molecule has 0 aromatic carbocycles. The van der Waals surface area contributed by atoms with E-state index in [9.17, 15) is 0 Å². The molecule has 1 aliphatic rings. The summed E-state index contributed by atoms with van der Waals surface area (Å²) in [6.07, 6.45) is 3.66. The van der Waals surface area contributed by atoms with Crippen molar-refractivity contribution < 1.29 is 0 Å². The number of thiazole rings is 1. The number of aromatic nitrogens is 5. The molecule has 0 N–H and O–H groups in total. The number of hydrogen-bond donors (Lipinski definition) is 0. The van der Waals surface area contributed by atoms with Gasteiger partial charge in [-0.05, 0) is 19.9 Å². The molecule has 4 heterocycles. The van der Waals surface area contributed by atoms with Crippen LogP contribution in [0.25, 0.3) is 5.82 Å². The van der Waals surface area contributed by atoms with Gasteiger partial charge in [0.1, 0.15) is 11.6 Å². The van der Waals surface area contributed by atoms with E-state index in [2.05, 4.69) is 42.2 Å². The lowest BCUT2D eigenvalue weighted by Gasteiger charge is -2.35. The summed E-state index contributed by atoms with van der Waals surface area (Å²) in [5, 5.41) is 7.56. The summed E-state index contributed by atoms with van der Waals surface area (Å²) in [6, 6.07) is 3.91. The van der Waals surface area contributed by atoms with Crippen molar-refractivity contribution in [3.63, 3.8) is 0 Å². The van der Waals surface area contributed by atoms with Crippen LogP contribution in [0.1, 0.15) is 16.5 Å². The molecule has 0 bridgehead atoms. The lowest BCUT2D eigenvalue weighted by molar-refractivity contribution is 0.247. The monoisotopic (exact) mass is 355 g/mol. The molecule has 0 radical (unpaired) electrons. The van der Waals surface area contributed by atoms with Gasteiger partial charge in [0.05, 0.1) is 10.7 Å². The largest absolute Gasteiger partial charge is 0.354 e. The molecule has 0 unspecified atom stereocenters. The molecular weight excluding hydrogens is 334 g/mol. The highest BCUT2D eigenvalue weighted by Gasteiger charge is 2.20. The van der Waals surface area contributed by atoms with E-state index in [0.29, 0.717) is 0 Å². The second-order valence-corrected chi connectivity index (χ2v) is 7.27. The van der Waals surface area contributed by atoms with E-state index >= 15 is 0 Å². The minimum atomic E-state index is 0.767. The molecule has 0 atom stereocenters. The highest BCUT2D eigenvalue weighted by Crippen LogP contribution is 2.18. The van der Waals surface area contributed by atoms with Gasteiger partial charge in [0, 0.05) is 56.6 Å².